The molecule has 0 aliphatic heterocycles. The number of methoxy groups -OCH3 is 1. The van der Waals surface area contributed by atoms with Crippen LogP contribution in [0.1, 0.15) is 0 Å². The number of nitrogens with one attached hydrogen (secondary N) is 1. The van der Waals surface area contributed by atoms with Crippen molar-refractivity contribution in [2.24, 2.45) is 0 Å². The lowest BCUT2D eigenvalue weighted by Gasteiger charge is -2.08. The van der Waals surface area contributed by atoms with Gasteiger partial charge in [0.2, 0.25) is 10.0 Å². The molecule has 7 heteroatoms. The first-order chi connectivity index (χ1) is 11.1. The van der Waals surface area contributed by atoms with Crippen LogP contribution in [0.5, 0.6) is 5.75 Å². The van der Waals surface area contributed by atoms with Crippen LogP contribution in [0.2, 0.25) is 0 Å². The zero-order valence-corrected chi connectivity index (χ0v) is 13.5. The molecule has 0 atom stereocenters. The van der Waals surface area contributed by atoms with Crippen LogP contribution >= 0.6 is 0 Å². The number of rotatable bonds is 6. The Hall–Kier alpha value is -2.38. The number of fused-ring (bicyclic) bond motifs is 1. The smallest absolute Gasteiger partial charge is 0.240 e. The quantitative estimate of drug-likeness (QED) is 0.750. The van der Waals surface area contributed by atoms with Crippen LogP contribution in [0.25, 0.3) is 11.0 Å². The Morgan fingerprint density at radius 3 is 2.61 bits per heavy atom. The zero-order valence-electron chi connectivity index (χ0n) is 12.6. The summed E-state index contributed by atoms with van der Waals surface area (Å²) in [6.45, 7) is 0.796. The summed E-state index contributed by atoms with van der Waals surface area (Å²) in [5.74, 6) is 0.619. The monoisotopic (exact) mass is 331 g/mol. The van der Waals surface area contributed by atoms with Gasteiger partial charge in [-0.1, -0.05) is 12.1 Å². The van der Waals surface area contributed by atoms with E-state index < -0.39 is 10.0 Å². The second kappa shape index (κ2) is 6.39. The number of benzene rings is 2. The van der Waals surface area contributed by atoms with E-state index in [2.05, 4.69) is 9.71 Å². The molecule has 6 nitrogen and oxygen atoms in total. The van der Waals surface area contributed by atoms with Gasteiger partial charge in [0.1, 0.15) is 5.75 Å². The summed E-state index contributed by atoms with van der Waals surface area (Å²) in [4.78, 5) is 4.50. The summed E-state index contributed by atoms with van der Waals surface area (Å²) in [7, 11) is -1.99. The number of hydrogen-bond acceptors (Lipinski definition) is 4. The SMILES string of the molecule is COc1ccc(S(=O)(=O)NCCn2cnc3ccccc32)cc1. The second-order valence-corrected chi connectivity index (χ2v) is 6.77. The summed E-state index contributed by atoms with van der Waals surface area (Å²) >= 11 is 0. The van der Waals surface area contributed by atoms with Crippen LogP contribution in [0.4, 0.5) is 0 Å². The third-order valence-corrected chi connectivity index (χ3v) is 5.02. The molecule has 0 fully saturated rings. The highest BCUT2D eigenvalue weighted by atomic mass is 32.2. The Balaban J connectivity index is 1.67. The minimum Gasteiger partial charge on any atom is -0.497 e. The fourth-order valence-corrected chi connectivity index (χ4v) is 3.35. The van der Waals surface area contributed by atoms with E-state index in [4.69, 9.17) is 4.74 Å². The Labute approximate surface area is 134 Å². The Kier molecular flexibility index (Phi) is 4.31. The van der Waals surface area contributed by atoms with E-state index in [1.54, 1.807) is 18.5 Å². The molecule has 2 aromatic carbocycles. The van der Waals surface area contributed by atoms with Crippen molar-refractivity contribution in [1.29, 1.82) is 0 Å². The van der Waals surface area contributed by atoms with E-state index in [0.29, 0.717) is 12.3 Å². The lowest BCUT2D eigenvalue weighted by Crippen LogP contribution is -2.27. The van der Waals surface area contributed by atoms with Gasteiger partial charge in [0.05, 0.1) is 29.4 Å². The van der Waals surface area contributed by atoms with Crippen molar-refractivity contribution in [2.45, 2.75) is 11.4 Å². The maximum atomic E-state index is 12.2. The second-order valence-electron chi connectivity index (χ2n) is 5.00. The molecule has 0 saturated heterocycles. The normalized spacial score (nSPS) is 11.7. The molecule has 1 aromatic heterocycles. The van der Waals surface area contributed by atoms with E-state index in [1.165, 1.54) is 19.2 Å². The highest BCUT2D eigenvalue weighted by Gasteiger charge is 2.13. The third-order valence-electron chi connectivity index (χ3n) is 3.54. The molecule has 0 bridgehead atoms. The van der Waals surface area contributed by atoms with Gasteiger partial charge in [-0.05, 0) is 36.4 Å². The van der Waals surface area contributed by atoms with Crippen molar-refractivity contribution < 1.29 is 13.2 Å². The van der Waals surface area contributed by atoms with Crippen LogP contribution in [-0.2, 0) is 16.6 Å². The summed E-state index contributed by atoms with van der Waals surface area (Å²) in [5, 5.41) is 0. The van der Waals surface area contributed by atoms with Crippen LogP contribution in [0.15, 0.2) is 59.8 Å². The fourth-order valence-electron chi connectivity index (χ4n) is 2.33. The molecular weight excluding hydrogens is 314 g/mol. The van der Waals surface area contributed by atoms with Gasteiger partial charge < -0.3 is 9.30 Å². The molecule has 120 valence electrons. The highest BCUT2D eigenvalue weighted by Crippen LogP contribution is 2.15. The minimum absolute atomic E-state index is 0.216. The molecule has 1 heterocycles. The third kappa shape index (κ3) is 3.35. The number of para-hydroxylation sites is 2. The number of nitrogens with zero attached hydrogens (tertiary/aromatic N) is 2. The number of hydrogen-bond donors (Lipinski definition) is 1. The largest absolute Gasteiger partial charge is 0.497 e. The predicted octanol–water partition coefficient (Wildman–Crippen LogP) is 2.02. The Morgan fingerprint density at radius 2 is 1.87 bits per heavy atom. The Bertz CT molecular complexity index is 902. The summed E-state index contributed by atoms with van der Waals surface area (Å²) in [6, 6.07) is 14.0. The lowest BCUT2D eigenvalue weighted by atomic mass is 10.3. The molecule has 0 amide bonds. The van der Waals surface area contributed by atoms with Crippen LogP contribution in [0, 0.1) is 0 Å². The number of ether oxygens (including phenoxy) is 1. The van der Waals surface area contributed by atoms with Crippen molar-refractivity contribution in [3.05, 3.63) is 54.9 Å². The number of imidazole rings is 1. The van der Waals surface area contributed by atoms with Gasteiger partial charge in [0.25, 0.3) is 0 Å². The number of aromatic nitrogens is 2. The van der Waals surface area contributed by atoms with E-state index >= 15 is 0 Å². The van der Waals surface area contributed by atoms with Gasteiger partial charge in [-0.2, -0.15) is 0 Å². The van der Waals surface area contributed by atoms with E-state index in [1.807, 2.05) is 28.8 Å². The van der Waals surface area contributed by atoms with Gasteiger partial charge in [0, 0.05) is 13.1 Å². The fraction of sp³-hybridized carbons (Fsp3) is 0.188. The van der Waals surface area contributed by atoms with Gasteiger partial charge in [-0.15, -0.1) is 0 Å². The van der Waals surface area contributed by atoms with E-state index in [-0.39, 0.29) is 11.4 Å². The first kappa shape index (κ1) is 15.5. The molecule has 0 radical (unpaired) electrons. The van der Waals surface area contributed by atoms with Crippen molar-refractivity contribution in [3.63, 3.8) is 0 Å². The molecule has 0 spiro atoms. The maximum absolute atomic E-state index is 12.2. The average Bonchev–Trinajstić information content (AvgIpc) is 2.98. The summed E-state index contributed by atoms with van der Waals surface area (Å²) in [5.41, 5.74) is 1.88. The molecular formula is C16H17N3O3S. The van der Waals surface area contributed by atoms with Crippen molar-refractivity contribution in [2.75, 3.05) is 13.7 Å². The van der Waals surface area contributed by atoms with Gasteiger partial charge in [-0.25, -0.2) is 18.1 Å². The van der Waals surface area contributed by atoms with Crippen molar-refractivity contribution in [3.8, 4) is 5.75 Å². The standard InChI is InChI=1S/C16H17N3O3S/c1-22-13-6-8-14(9-7-13)23(20,21)18-10-11-19-12-17-15-4-2-3-5-16(15)19/h2-9,12,18H,10-11H2,1H3. The van der Waals surface area contributed by atoms with Crippen LogP contribution in [-0.4, -0.2) is 31.6 Å². The maximum Gasteiger partial charge on any atom is 0.240 e. The average molecular weight is 331 g/mol. The molecule has 1 N–H and O–H groups in total. The van der Waals surface area contributed by atoms with Gasteiger partial charge >= 0.3 is 0 Å². The van der Waals surface area contributed by atoms with Crippen molar-refractivity contribution in [1.82, 2.24) is 14.3 Å². The lowest BCUT2D eigenvalue weighted by molar-refractivity contribution is 0.414. The molecule has 23 heavy (non-hydrogen) atoms. The van der Waals surface area contributed by atoms with Crippen LogP contribution in [0.3, 0.4) is 0 Å². The molecule has 0 aliphatic rings. The van der Waals surface area contributed by atoms with Crippen LogP contribution < -0.4 is 9.46 Å². The van der Waals surface area contributed by atoms with Gasteiger partial charge in [0.15, 0.2) is 0 Å². The molecule has 0 unspecified atom stereocenters. The van der Waals surface area contributed by atoms with E-state index in [0.717, 1.165) is 11.0 Å². The van der Waals surface area contributed by atoms with E-state index in [9.17, 15) is 8.42 Å². The molecule has 3 rings (SSSR count). The van der Waals surface area contributed by atoms with Gasteiger partial charge in [-0.3, -0.25) is 0 Å². The Morgan fingerprint density at radius 1 is 1.13 bits per heavy atom. The first-order valence-corrected chi connectivity index (χ1v) is 8.62. The molecule has 0 aliphatic carbocycles. The molecule has 0 saturated carbocycles. The number of sulfonamides is 1. The topological polar surface area (TPSA) is 73.2 Å². The minimum atomic E-state index is -3.53. The zero-order chi connectivity index (χ0) is 16.3. The predicted molar refractivity (Wildman–Crippen MR) is 87.9 cm³/mol. The summed E-state index contributed by atoms with van der Waals surface area (Å²) in [6.07, 6.45) is 1.71. The first-order valence-electron chi connectivity index (χ1n) is 7.14. The molecule has 3 aromatic rings. The summed E-state index contributed by atoms with van der Waals surface area (Å²) < 4.78 is 34.0. The van der Waals surface area contributed by atoms with Crippen molar-refractivity contribution >= 4 is 21.1 Å². The highest BCUT2D eigenvalue weighted by molar-refractivity contribution is 7.89.